The highest BCUT2D eigenvalue weighted by molar-refractivity contribution is 5.95. The zero-order chi connectivity index (χ0) is 16.1. The molecule has 3 rings (SSSR count). The lowest BCUT2D eigenvalue weighted by Gasteiger charge is -2.07. The number of fused-ring (bicyclic) bond motifs is 3. The number of rotatable bonds is 7. The number of amides is 1. The van der Waals surface area contributed by atoms with Crippen LogP contribution in [0.2, 0.25) is 0 Å². The van der Waals surface area contributed by atoms with Crippen molar-refractivity contribution in [3.05, 3.63) is 59.2 Å². The fraction of sp³-hybridized carbons (Fsp3) is 0.316. The molecular formula is C19H21NO3. The summed E-state index contributed by atoms with van der Waals surface area (Å²) in [5.41, 5.74) is 5.74. The first-order chi connectivity index (χ1) is 11.3. The third-order valence-corrected chi connectivity index (χ3v) is 4.04. The van der Waals surface area contributed by atoms with E-state index in [0.717, 1.165) is 12.8 Å². The summed E-state index contributed by atoms with van der Waals surface area (Å²) in [6.07, 6.45) is 1.63. The van der Waals surface area contributed by atoms with Crippen molar-refractivity contribution >= 4 is 5.91 Å². The van der Waals surface area contributed by atoms with Gasteiger partial charge in [0, 0.05) is 18.7 Å². The minimum absolute atomic E-state index is 0.0316. The van der Waals surface area contributed by atoms with Gasteiger partial charge in [0.2, 0.25) is 0 Å². The maximum atomic E-state index is 12.2. The fourth-order valence-corrected chi connectivity index (χ4v) is 2.93. The Morgan fingerprint density at radius 3 is 2.78 bits per heavy atom. The molecule has 1 aliphatic carbocycles. The van der Waals surface area contributed by atoms with E-state index in [1.807, 2.05) is 24.3 Å². The van der Waals surface area contributed by atoms with Gasteiger partial charge in [-0.2, -0.15) is 0 Å². The number of hydrogen-bond donors (Lipinski definition) is 2. The molecule has 0 aliphatic heterocycles. The lowest BCUT2D eigenvalue weighted by molar-refractivity contribution is 0.0867. The van der Waals surface area contributed by atoms with E-state index in [2.05, 4.69) is 23.5 Å². The van der Waals surface area contributed by atoms with Crippen LogP contribution in [0.5, 0.6) is 0 Å². The highest BCUT2D eigenvalue weighted by Gasteiger charge is 2.19. The van der Waals surface area contributed by atoms with Gasteiger partial charge in [-0.05, 0) is 47.2 Å². The molecule has 0 aromatic heterocycles. The number of aliphatic hydroxyl groups is 1. The van der Waals surface area contributed by atoms with E-state index in [4.69, 9.17) is 9.84 Å². The smallest absolute Gasteiger partial charge is 0.251 e. The number of hydrogen-bond acceptors (Lipinski definition) is 3. The molecule has 4 heteroatoms. The lowest BCUT2D eigenvalue weighted by atomic mass is 10.0. The monoisotopic (exact) mass is 311 g/mol. The van der Waals surface area contributed by atoms with Crippen molar-refractivity contribution in [2.24, 2.45) is 0 Å². The predicted octanol–water partition coefficient (Wildman–Crippen LogP) is 2.39. The van der Waals surface area contributed by atoms with Crippen LogP contribution in [0.3, 0.4) is 0 Å². The predicted molar refractivity (Wildman–Crippen MR) is 89.5 cm³/mol. The van der Waals surface area contributed by atoms with E-state index in [9.17, 15) is 4.79 Å². The van der Waals surface area contributed by atoms with Crippen molar-refractivity contribution in [2.75, 3.05) is 26.4 Å². The summed E-state index contributed by atoms with van der Waals surface area (Å²) in [7, 11) is 0. The molecule has 2 aromatic carbocycles. The zero-order valence-electron chi connectivity index (χ0n) is 13.0. The van der Waals surface area contributed by atoms with E-state index in [1.165, 1.54) is 22.3 Å². The Balaban J connectivity index is 1.58. The number of nitrogens with one attached hydrogen (secondary N) is 1. The second kappa shape index (κ2) is 7.40. The summed E-state index contributed by atoms with van der Waals surface area (Å²) in [5.74, 6) is -0.0501. The van der Waals surface area contributed by atoms with Gasteiger partial charge in [0.15, 0.2) is 0 Å². The summed E-state index contributed by atoms with van der Waals surface area (Å²) in [6.45, 7) is 1.49. The Kier molecular flexibility index (Phi) is 5.05. The van der Waals surface area contributed by atoms with Crippen LogP contribution in [-0.2, 0) is 11.2 Å². The number of carbonyl (C=O) groups is 1. The van der Waals surface area contributed by atoms with E-state index in [0.29, 0.717) is 25.3 Å². The Morgan fingerprint density at radius 2 is 1.91 bits per heavy atom. The standard InChI is InChI=1S/C19H21NO3/c21-9-11-23-10-3-8-20-19(22)15-6-7-18-16(13-15)12-14-4-1-2-5-17(14)18/h1-2,4-7,13,21H,3,8-12H2,(H,20,22). The van der Waals surface area contributed by atoms with Crippen LogP contribution in [0.25, 0.3) is 11.1 Å². The van der Waals surface area contributed by atoms with Crippen molar-refractivity contribution < 1.29 is 14.6 Å². The summed E-state index contributed by atoms with van der Waals surface area (Å²) >= 11 is 0. The van der Waals surface area contributed by atoms with Gasteiger partial charge in [0.25, 0.3) is 5.91 Å². The number of ether oxygens (including phenoxy) is 1. The molecule has 0 saturated heterocycles. The van der Waals surface area contributed by atoms with Crippen LogP contribution < -0.4 is 5.32 Å². The molecule has 120 valence electrons. The van der Waals surface area contributed by atoms with E-state index < -0.39 is 0 Å². The topological polar surface area (TPSA) is 58.6 Å². The van der Waals surface area contributed by atoms with Gasteiger partial charge in [0.05, 0.1) is 13.2 Å². The highest BCUT2D eigenvalue weighted by Crippen LogP contribution is 2.36. The molecule has 0 heterocycles. The molecule has 0 atom stereocenters. The first kappa shape index (κ1) is 15.7. The van der Waals surface area contributed by atoms with Gasteiger partial charge >= 0.3 is 0 Å². The maximum Gasteiger partial charge on any atom is 0.251 e. The number of aliphatic hydroxyl groups excluding tert-OH is 1. The largest absolute Gasteiger partial charge is 0.394 e. The minimum Gasteiger partial charge on any atom is -0.394 e. The average molecular weight is 311 g/mol. The molecule has 1 amide bonds. The van der Waals surface area contributed by atoms with Gasteiger partial charge in [-0.15, -0.1) is 0 Å². The van der Waals surface area contributed by atoms with Crippen molar-refractivity contribution in [3.63, 3.8) is 0 Å². The molecular weight excluding hydrogens is 290 g/mol. The first-order valence-electron chi connectivity index (χ1n) is 7.97. The third-order valence-electron chi connectivity index (χ3n) is 4.04. The summed E-state index contributed by atoms with van der Waals surface area (Å²) in [4.78, 5) is 12.2. The van der Waals surface area contributed by atoms with Crippen LogP contribution in [0.4, 0.5) is 0 Å². The first-order valence-corrected chi connectivity index (χ1v) is 7.97. The number of carbonyl (C=O) groups excluding carboxylic acids is 1. The van der Waals surface area contributed by atoms with E-state index >= 15 is 0 Å². The molecule has 4 nitrogen and oxygen atoms in total. The van der Waals surface area contributed by atoms with Crippen LogP contribution in [0.15, 0.2) is 42.5 Å². The van der Waals surface area contributed by atoms with Gasteiger partial charge in [0.1, 0.15) is 0 Å². The van der Waals surface area contributed by atoms with Crippen molar-refractivity contribution in [3.8, 4) is 11.1 Å². The van der Waals surface area contributed by atoms with E-state index in [-0.39, 0.29) is 12.5 Å². The average Bonchev–Trinajstić information content (AvgIpc) is 2.95. The van der Waals surface area contributed by atoms with Crippen molar-refractivity contribution in [1.29, 1.82) is 0 Å². The zero-order valence-corrected chi connectivity index (χ0v) is 13.0. The Labute approximate surface area is 136 Å². The van der Waals surface area contributed by atoms with Crippen LogP contribution in [0.1, 0.15) is 27.9 Å². The van der Waals surface area contributed by atoms with Gasteiger partial charge in [-0.25, -0.2) is 0 Å². The molecule has 0 saturated carbocycles. The molecule has 0 unspecified atom stereocenters. The molecule has 1 aliphatic rings. The maximum absolute atomic E-state index is 12.2. The summed E-state index contributed by atoms with van der Waals surface area (Å²) in [5, 5.41) is 11.5. The minimum atomic E-state index is -0.0501. The number of benzene rings is 2. The quantitative estimate of drug-likeness (QED) is 0.659. The molecule has 0 spiro atoms. The molecule has 0 bridgehead atoms. The molecule has 0 radical (unpaired) electrons. The lowest BCUT2D eigenvalue weighted by Crippen LogP contribution is -2.25. The Morgan fingerprint density at radius 1 is 1.09 bits per heavy atom. The Hall–Kier alpha value is -2.17. The Bertz CT molecular complexity index is 697. The van der Waals surface area contributed by atoms with Crippen molar-refractivity contribution in [2.45, 2.75) is 12.8 Å². The van der Waals surface area contributed by atoms with Crippen molar-refractivity contribution in [1.82, 2.24) is 5.32 Å². The van der Waals surface area contributed by atoms with E-state index in [1.54, 1.807) is 0 Å². The molecule has 2 N–H and O–H groups in total. The summed E-state index contributed by atoms with van der Waals surface area (Å²) < 4.78 is 5.17. The van der Waals surface area contributed by atoms with Gasteiger partial charge < -0.3 is 15.2 Å². The molecule has 23 heavy (non-hydrogen) atoms. The fourth-order valence-electron chi connectivity index (χ4n) is 2.93. The van der Waals surface area contributed by atoms with Gasteiger partial charge in [-0.1, -0.05) is 30.3 Å². The van der Waals surface area contributed by atoms with Crippen LogP contribution >= 0.6 is 0 Å². The normalized spacial score (nSPS) is 11.9. The highest BCUT2D eigenvalue weighted by atomic mass is 16.5. The summed E-state index contributed by atoms with van der Waals surface area (Å²) in [6, 6.07) is 14.3. The third kappa shape index (κ3) is 3.60. The molecule has 2 aromatic rings. The SMILES string of the molecule is O=C(NCCCOCCO)c1ccc2c(c1)Cc1ccccc1-2. The van der Waals surface area contributed by atoms with Gasteiger partial charge in [-0.3, -0.25) is 4.79 Å². The van der Waals surface area contributed by atoms with Crippen LogP contribution in [0, 0.1) is 0 Å². The molecule has 0 fully saturated rings. The second-order valence-electron chi connectivity index (χ2n) is 5.65. The van der Waals surface area contributed by atoms with Crippen LogP contribution in [-0.4, -0.2) is 37.4 Å². The second-order valence-corrected chi connectivity index (χ2v) is 5.65.